The summed E-state index contributed by atoms with van der Waals surface area (Å²) in [7, 11) is 0. The highest BCUT2D eigenvalue weighted by atomic mass is 32.1. The van der Waals surface area contributed by atoms with E-state index in [4.69, 9.17) is 0 Å². The Morgan fingerprint density at radius 2 is 2.15 bits per heavy atom. The lowest BCUT2D eigenvalue weighted by Crippen LogP contribution is -2.14. The number of rotatable bonds is 4. The van der Waals surface area contributed by atoms with Crippen LogP contribution in [0.2, 0.25) is 0 Å². The molecular formula is C16H18N2OS. The van der Waals surface area contributed by atoms with Gasteiger partial charge in [0, 0.05) is 11.3 Å². The maximum atomic E-state index is 12.1. The van der Waals surface area contributed by atoms with Crippen LogP contribution in [0.3, 0.4) is 0 Å². The van der Waals surface area contributed by atoms with Crippen LogP contribution >= 0.6 is 11.3 Å². The van der Waals surface area contributed by atoms with E-state index < -0.39 is 0 Å². The molecule has 104 valence electrons. The Kier molecular flexibility index (Phi) is 3.83. The fraction of sp³-hybridized carbons (Fsp3) is 0.375. The second-order valence-corrected chi connectivity index (χ2v) is 6.39. The van der Waals surface area contributed by atoms with Gasteiger partial charge in [-0.3, -0.25) is 4.79 Å². The van der Waals surface area contributed by atoms with Crippen molar-refractivity contribution in [2.45, 2.75) is 38.5 Å². The summed E-state index contributed by atoms with van der Waals surface area (Å²) < 4.78 is 0. The predicted molar refractivity (Wildman–Crippen MR) is 82.2 cm³/mol. The first-order valence-corrected chi connectivity index (χ1v) is 7.87. The molecule has 0 spiro atoms. The van der Waals surface area contributed by atoms with E-state index in [1.54, 1.807) is 11.3 Å². The van der Waals surface area contributed by atoms with Crippen molar-refractivity contribution >= 4 is 22.4 Å². The Morgan fingerprint density at radius 1 is 1.35 bits per heavy atom. The normalized spacial score (nSPS) is 14.8. The Morgan fingerprint density at radius 3 is 2.90 bits per heavy atom. The van der Waals surface area contributed by atoms with Crippen LogP contribution in [-0.2, 0) is 17.6 Å². The van der Waals surface area contributed by atoms with Gasteiger partial charge in [-0.15, -0.1) is 11.3 Å². The first-order chi connectivity index (χ1) is 9.72. The summed E-state index contributed by atoms with van der Waals surface area (Å²) in [6.45, 7) is 2.08. The van der Waals surface area contributed by atoms with Gasteiger partial charge in [-0.2, -0.15) is 0 Å². The van der Waals surface area contributed by atoms with Crippen molar-refractivity contribution < 1.29 is 4.79 Å². The van der Waals surface area contributed by atoms with Crippen molar-refractivity contribution in [1.82, 2.24) is 4.98 Å². The highest BCUT2D eigenvalue weighted by molar-refractivity contribution is 7.15. The molecule has 3 nitrogen and oxygen atoms in total. The monoisotopic (exact) mass is 286 g/mol. The molecule has 0 radical (unpaired) electrons. The largest absolute Gasteiger partial charge is 0.302 e. The van der Waals surface area contributed by atoms with Crippen molar-refractivity contribution in [2.75, 3.05) is 5.32 Å². The van der Waals surface area contributed by atoms with Crippen LogP contribution in [0, 0.1) is 0 Å². The summed E-state index contributed by atoms with van der Waals surface area (Å²) in [4.78, 5) is 17.9. The van der Waals surface area contributed by atoms with Gasteiger partial charge in [0.15, 0.2) is 5.13 Å². The number of nitrogens with one attached hydrogen (secondary N) is 1. The molecule has 1 aromatic heterocycles. The molecule has 1 aliphatic rings. The molecule has 0 fully saturated rings. The van der Waals surface area contributed by atoms with Gasteiger partial charge in [-0.1, -0.05) is 37.3 Å². The molecule has 1 amide bonds. The predicted octanol–water partition coefficient (Wildman–Crippen LogP) is 3.76. The number of aryl methyl sites for hydroxylation is 2. The van der Waals surface area contributed by atoms with Gasteiger partial charge in [0.1, 0.15) is 0 Å². The van der Waals surface area contributed by atoms with Crippen LogP contribution in [0.5, 0.6) is 0 Å². The van der Waals surface area contributed by atoms with E-state index in [1.165, 1.54) is 22.6 Å². The summed E-state index contributed by atoms with van der Waals surface area (Å²) in [5, 5.41) is 3.70. The van der Waals surface area contributed by atoms with Crippen molar-refractivity contribution in [3.63, 3.8) is 0 Å². The van der Waals surface area contributed by atoms with Gasteiger partial charge in [-0.05, 0) is 30.7 Å². The number of nitrogens with zero attached hydrogens (tertiary/aromatic N) is 1. The minimum absolute atomic E-state index is 0.0498. The second-order valence-electron chi connectivity index (χ2n) is 5.31. The summed E-state index contributed by atoms with van der Waals surface area (Å²) in [6.07, 6.45) is 3.87. The number of fused-ring (bicyclic) bond motifs is 1. The van der Waals surface area contributed by atoms with Crippen molar-refractivity contribution in [3.8, 4) is 0 Å². The molecule has 0 saturated heterocycles. The lowest BCUT2D eigenvalue weighted by Gasteiger charge is -2.10. The van der Waals surface area contributed by atoms with E-state index in [0.29, 0.717) is 6.42 Å². The van der Waals surface area contributed by atoms with Gasteiger partial charge in [0.25, 0.3) is 0 Å². The number of carbonyl (C=O) groups excluding carboxylic acids is 1. The Hall–Kier alpha value is -1.68. The minimum Gasteiger partial charge on any atom is -0.302 e. The zero-order chi connectivity index (χ0) is 13.9. The highest BCUT2D eigenvalue weighted by Gasteiger charge is 2.18. The van der Waals surface area contributed by atoms with Gasteiger partial charge in [0.05, 0.1) is 5.69 Å². The summed E-state index contributed by atoms with van der Waals surface area (Å²) >= 11 is 1.63. The average molecular weight is 286 g/mol. The molecule has 3 rings (SSSR count). The van der Waals surface area contributed by atoms with Crippen LogP contribution in [0.4, 0.5) is 5.13 Å². The second kappa shape index (κ2) is 5.75. The van der Waals surface area contributed by atoms with E-state index in [2.05, 4.69) is 29.4 Å². The number of anilines is 1. The molecule has 1 heterocycles. The number of thiazole rings is 1. The van der Waals surface area contributed by atoms with Gasteiger partial charge in [0.2, 0.25) is 5.91 Å². The Balaban J connectivity index is 1.59. The fourth-order valence-electron chi connectivity index (χ4n) is 2.59. The third-order valence-electron chi connectivity index (χ3n) is 3.70. The molecule has 0 aliphatic heterocycles. The lowest BCUT2D eigenvalue weighted by atomic mass is 9.98. The van der Waals surface area contributed by atoms with Gasteiger partial charge >= 0.3 is 0 Å². The van der Waals surface area contributed by atoms with E-state index >= 15 is 0 Å². The first-order valence-electron chi connectivity index (χ1n) is 7.06. The number of aromatic nitrogens is 1. The molecule has 0 saturated carbocycles. The van der Waals surface area contributed by atoms with Crippen LogP contribution in [0.15, 0.2) is 30.3 Å². The van der Waals surface area contributed by atoms with E-state index in [-0.39, 0.29) is 11.8 Å². The van der Waals surface area contributed by atoms with Crippen molar-refractivity contribution in [1.29, 1.82) is 0 Å². The maximum Gasteiger partial charge on any atom is 0.226 e. The van der Waals surface area contributed by atoms with Crippen LogP contribution in [0.25, 0.3) is 0 Å². The van der Waals surface area contributed by atoms with Gasteiger partial charge in [-0.25, -0.2) is 4.98 Å². The van der Waals surface area contributed by atoms with Crippen LogP contribution < -0.4 is 5.32 Å². The number of carbonyl (C=O) groups is 1. The topological polar surface area (TPSA) is 42.0 Å². The lowest BCUT2D eigenvalue weighted by molar-refractivity contribution is -0.116. The molecule has 4 heteroatoms. The van der Waals surface area contributed by atoms with Crippen molar-refractivity contribution in [2.24, 2.45) is 0 Å². The maximum absolute atomic E-state index is 12.1. The third kappa shape index (κ3) is 2.90. The average Bonchev–Trinajstić information content (AvgIpc) is 3.00. The molecule has 0 bridgehead atoms. The van der Waals surface area contributed by atoms with Crippen LogP contribution in [-0.4, -0.2) is 10.9 Å². The summed E-state index contributed by atoms with van der Waals surface area (Å²) in [5.74, 6) is 0.275. The van der Waals surface area contributed by atoms with Gasteiger partial charge < -0.3 is 5.32 Å². The molecule has 0 unspecified atom stereocenters. The standard InChI is InChI=1S/C16H18N2OS/c1-11(12-6-3-2-4-7-12)10-15(19)18-16-17-13-8-5-9-14(13)20-16/h2-4,6-7,11H,5,8-10H2,1H3,(H,17,18,19)/t11-/m0/s1. The number of amides is 1. The quantitative estimate of drug-likeness (QED) is 0.929. The highest BCUT2D eigenvalue weighted by Crippen LogP contribution is 2.30. The number of benzene rings is 1. The number of hydrogen-bond donors (Lipinski definition) is 1. The molecular weight excluding hydrogens is 268 g/mol. The smallest absolute Gasteiger partial charge is 0.226 e. The molecule has 1 N–H and O–H groups in total. The fourth-order valence-corrected chi connectivity index (χ4v) is 3.66. The first kappa shape index (κ1) is 13.3. The van der Waals surface area contributed by atoms with E-state index in [1.807, 2.05) is 18.2 Å². The Bertz CT molecular complexity index is 585. The molecule has 1 aromatic carbocycles. The molecule has 1 aliphatic carbocycles. The third-order valence-corrected chi connectivity index (χ3v) is 4.78. The SMILES string of the molecule is C[C@@H](CC(=O)Nc1nc2c(s1)CCC2)c1ccccc1. The van der Waals surface area contributed by atoms with E-state index in [9.17, 15) is 4.79 Å². The molecule has 20 heavy (non-hydrogen) atoms. The molecule has 2 aromatic rings. The minimum atomic E-state index is 0.0498. The van der Waals surface area contributed by atoms with E-state index in [0.717, 1.165) is 18.0 Å². The zero-order valence-electron chi connectivity index (χ0n) is 11.6. The zero-order valence-corrected chi connectivity index (χ0v) is 12.4. The number of hydrogen-bond acceptors (Lipinski definition) is 3. The van der Waals surface area contributed by atoms with Crippen LogP contribution in [0.1, 0.15) is 41.8 Å². The summed E-state index contributed by atoms with van der Waals surface area (Å²) in [6, 6.07) is 10.1. The van der Waals surface area contributed by atoms with Crippen molar-refractivity contribution in [3.05, 3.63) is 46.5 Å². The molecule has 1 atom stereocenters. The summed E-state index contributed by atoms with van der Waals surface area (Å²) in [5.41, 5.74) is 2.38. The Labute approximate surface area is 123 Å².